The molecule has 8 nitrogen and oxygen atoms in total. The number of nitrogens with zero attached hydrogens (tertiary/aromatic N) is 4. The molecular weight excluding hydrogens is 416 g/mol. The molecule has 1 saturated heterocycles. The van der Waals surface area contributed by atoms with Crippen molar-refractivity contribution < 1.29 is 13.3 Å². The number of fused-ring (bicyclic) bond motifs is 1. The maximum atomic E-state index is 12.8. The molecule has 0 bridgehead atoms. The zero-order valence-corrected chi connectivity index (χ0v) is 16.8. The second kappa shape index (κ2) is 7.58. The Hall–Kier alpha value is -2.75. The molecule has 0 saturated carbocycles. The molecule has 0 amide bonds. The number of hydrogen-bond acceptors (Lipinski definition) is 6. The number of sulfonamides is 1. The summed E-state index contributed by atoms with van der Waals surface area (Å²) in [6, 6.07) is 13.3. The van der Waals surface area contributed by atoms with E-state index in [1.807, 2.05) is 4.90 Å². The average Bonchev–Trinajstić information content (AvgIpc) is 2.73. The minimum atomic E-state index is -3.60. The monoisotopic (exact) mass is 432 g/mol. The summed E-state index contributed by atoms with van der Waals surface area (Å²) in [5.74, 6) is 0. The maximum Gasteiger partial charge on any atom is 0.311 e. The van der Waals surface area contributed by atoms with Gasteiger partial charge >= 0.3 is 5.69 Å². The first kappa shape index (κ1) is 19.6. The van der Waals surface area contributed by atoms with Crippen LogP contribution in [-0.2, 0) is 10.0 Å². The van der Waals surface area contributed by atoms with E-state index in [1.165, 1.54) is 10.5 Å². The quantitative estimate of drug-likeness (QED) is 0.463. The fraction of sp³-hybridized carbons (Fsp3) is 0.211. The summed E-state index contributed by atoms with van der Waals surface area (Å²) in [5, 5.41) is 12.6. The Bertz CT molecular complexity index is 1180. The van der Waals surface area contributed by atoms with Gasteiger partial charge in [0.25, 0.3) is 0 Å². The van der Waals surface area contributed by atoms with Crippen molar-refractivity contribution in [1.82, 2.24) is 9.29 Å². The maximum absolute atomic E-state index is 12.8. The van der Waals surface area contributed by atoms with E-state index in [0.29, 0.717) is 34.7 Å². The molecule has 1 aromatic heterocycles. The van der Waals surface area contributed by atoms with E-state index in [2.05, 4.69) is 4.98 Å². The van der Waals surface area contributed by atoms with Crippen molar-refractivity contribution in [2.75, 3.05) is 31.1 Å². The van der Waals surface area contributed by atoms with Crippen LogP contribution in [0.25, 0.3) is 10.9 Å². The van der Waals surface area contributed by atoms with Gasteiger partial charge in [-0.25, -0.2) is 13.4 Å². The number of hydrogen-bond donors (Lipinski definition) is 0. The summed E-state index contributed by atoms with van der Waals surface area (Å²) in [6.07, 6.45) is 1.23. The van der Waals surface area contributed by atoms with Gasteiger partial charge in [0.15, 0.2) is 0 Å². The lowest BCUT2D eigenvalue weighted by atomic mass is 10.1. The Labute approximate surface area is 172 Å². The molecule has 0 aliphatic carbocycles. The van der Waals surface area contributed by atoms with Crippen molar-refractivity contribution in [3.05, 3.63) is 69.9 Å². The Kier molecular flexibility index (Phi) is 5.12. The van der Waals surface area contributed by atoms with Crippen LogP contribution in [0, 0.1) is 10.1 Å². The van der Waals surface area contributed by atoms with Crippen LogP contribution in [0.3, 0.4) is 0 Å². The molecule has 0 unspecified atom stereocenters. The fourth-order valence-electron chi connectivity index (χ4n) is 3.50. The molecule has 1 fully saturated rings. The molecule has 2 heterocycles. The van der Waals surface area contributed by atoms with Crippen LogP contribution < -0.4 is 4.90 Å². The highest BCUT2D eigenvalue weighted by Gasteiger charge is 2.31. The van der Waals surface area contributed by atoms with E-state index in [0.717, 1.165) is 0 Å². The minimum absolute atomic E-state index is 0.126. The van der Waals surface area contributed by atoms with Gasteiger partial charge in [-0.3, -0.25) is 10.1 Å². The second-order valence-corrected chi connectivity index (χ2v) is 8.99. The molecule has 1 aliphatic rings. The van der Waals surface area contributed by atoms with Gasteiger partial charge in [0.2, 0.25) is 10.0 Å². The molecule has 0 radical (unpaired) electrons. The van der Waals surface area contributed by atoms with Crippen LogP contribution >= 0.6 is 11.6 Å². The van der Waals surface area contributed by atoms with E-state index in [-0.39, 0.29) is 23.7 Å². The van der Waals surface area contributed by atoms with E-state index in [9.17, 15) is 18.5 Å². The van der Waals surface area contributed by atoms with Gasteiger partial charge in [-0.2, -0.15) is 4.31 Å². The Balaban J connectivity index is 1.67. The molecule has 0 spiro atoms. The SMILES string of the molecule is O=[N+]([O-])c1cnc2ccc(Cl)cc2c1N1CCN(S(=O)(=O)c2ccccc2)CC1. The summed E-state index contributed by atoms with van der Waals surface area (Å²) in [5.41, 5.74) is 0.882. The van der Waals surface area contributed by atoms with Crippen LogP contribution in [0.4, 0.5) is 11.4 Å². The normalized spacial score (nSPS) is 15.6. The van der Waals surface area contributed by atoms with Crippen molar-refractivity contribution in [3.8, 4) is 0 Å². The molecule has 150 valence electrons. The number of piperazine rings is 1. The van der Waals surface area contributed by atoms with Crippen molar-refractivity contribution in [2.24, 2.45) is 0 Å². The van der Waals surface area contributed by atoms with E-state index in [4.69, 9.17) is 11.6 Å². The van der Waals surface area contributed by atoms with Gasteiger partial charge in [0, 0.05) is 36.6 Å². The third kappa shape index (κ3) is 3.64. The second-order valence-electron chi connectivity index (χ2n) is 6.61. The average molecular weight is 433 g/mol. The van der Waals surface area contributed by atoms with Gasteiger partial charge < -0.3 is 4.90 Å². The molecular formula is C19H17ClN4O4S. The summed E-state index contributed by atoms with van der Waals surface area (Å²) in [7, 11) is -3.60. The highest BCUT2D eigenvalue weighted by Crippen LogP contribution is 2.37. The lowest BCUT2D eigenvalue weighted by molar-refractivity contribution is -0.384. The van der Waals surface area contributed by atoms with Gasteiger partial charge in [0.1, 0.15) is 11.9 Å². The third-order valence-corrected chi connectivity index (χ3v) is 7.06. The molecule has 29 heavy (non-hydrogen) atoms. The van der Waals surface area contributed by atoms with Gasteiger partial charge in [0.05, 0.1) is 15.3 Å². The van der Waals surface area contributed by atoms with Crippen molar-refractivity contribution in [1.29, 1.82) is 0 Å². The lowest BCUT2D eigenvalue weighted by Crippen LogP contribution is -2.48. The Morgan fingerprint density at radius 1 is 1.03 bits per heavy atom. The molecule has 0 N–H and O–H groups in total. The largest absolute Gasteiger partial charge is 0.363 e. The van der Waals surface area contributed by atoms with Crippen LogP contribution in [0.1, 0.15) is 0 Å². The third-order valence-electron chi connectivity index (χ3n) is 4.91. The molecule has 3 aromatic rings. The smallest absolute Gasteiger partial charge is 0.311 e. The molecule has 1 aliphatic heterocycles. The zero-order valence-electron chi connectivity index (χ0n) is 15.2. The van der Waals surface area contributed by atoms with Gasteiger partial charge in [-0.05, 0) is 30.3 Å². The number of pyridine rings is 1. The van der Waals surface area contributed by atoms with Gasteiger partial charge in [-0.1, -0.05) is 29.8 Å². The standard InChI is InChI=1S/C19H17ClN4O4S/c20-14-6-7-17-16(12-14)19(18(13-21-17)24(25)26)22-8-10-23(11-9-22)29(27,28)15-4-2-1-3-5-15/h1-7,12-13H,8-11H2. The highest BCUT2D eigenvalue weighted by molar-refractivity contribution is 7.89. The summed E-state index contributed by atoms with van der Waals surface area (Å²) >= 11 is 6.11. The summed E-state index contributed by atoms with van der Waals surface area (Å²) in [4.78, 5) is 17.3. The highest BCUT2D eigenvalue weighted by atomic mass is 35.5. The summed E-state index contributed by atoms with van der Waals surface area (Å²) in [6.45, 7) is 1.08. The summed E-state index contributed by atoms with van der Waals surface area (Å²) < 4.78 is 27.1. The van der Waals surface area contributed by atoms with Crippen LogP contribution in [0.5, 0.6) is 0 Å². The lowest BCUT2D eigenvalue weighted by Gasteiger charge is -2.35. The van der Waals surface area contributed by atoms with E-state index < -0.39 is 14.9 Å². The molecule has 4 rings (SSSR count). The minimum Gasteiger partial charge on any atom is -0.363 e. The number of nitro groups is 1. The van der Waals surface area contributed by atoms with E-state index in [1.54, 1.807) is 48.5 Å². The number of halogens is 1. The predicted octanol–water partition coefficient (Wildman–Crippen LogP) is 3.31. The van der Waals surface area contributed by atoms with Crippen LogP contribution in [0.2, 0.25) is 5.02 Å². The van der Waals surface area contributed by atoms with Crippen molar-refractivity contribution in [2.45, 2.75) is 4.90 Å². The fourth-order valence-corrected chi connectivity index (χ4v) is 5.12. The molecule has 0 atom stereocenters. The molecule has 10 heteroatoms. The molecule has 2 aromatic carbocycles. The first-order valence-corrected chi connectivity index (χ1v) is 10.7. The Morgan fingerprint density at radius 3 is 2.38 bits per heavy atom. The first-order valence-electron chi connectivity index (χ1n) is 8.91. The van der Waals surface area contributed by atoms with Crippen LogP contribution in [0.15, 0.2) is 59.6 Å². The number of benzene rings is 2. The van der Waals surface area contributed by atoms with Crippen molar-refractivity contribution >= 4 is 43.9 Å². The Morgan fingerprint density at radius 2 is 1.72 bits per heavy atom. The van der Waals surface area contributed by atoms with E-state index >= 15 is 0 Å². The topological polar surface area (TPSA) is 96.7 Å². The zero-order chi connectivity index (χ0) is 20.6. The number of rotatable bonds is 4. The predicted molar refractivity (Wildman–Crippen MR) is 111 cm³/mol. The van der Waals surface area contributed by atoms with Crippen molar-refractivity contribution in [3.63, 3.8) is 0 Å². The number of anilines is 1. The van der Waals surface area contributed by atoms with Crippen LogP contribution in [-0.4, -0.2) is 48.8 Å². The number of aromatic nitrogens is 1. The van der Waals surface area contributed by atoms with Gasteiger partial charge in [-0.15, -0.1) is 0 Å². The first-order chi connectivity index (χ1) is 13.9.